The number of hydrogen-bond donors (Lipinski definition) is 3. The molecule has 0 saturated carbocycles. The summed E-state index contributed by atoms with van der Waals surface area (Å²) in [6.07, 6.45) is 0. The molecule has 0 saturated heterocycles. The molecule has 2 aromatic rings. The van der Waals surface area contributed by atoms with Crippen LogP contribution in [-0.4, -0.2) is 11.1 Å². The van der Waals surface area contributed by atoms with E-state index < -0.39 is 5.97 Å². The zero-order chi connectivity index (χ0) is 13.1. The standard InChI is InChI=1S/C13H14N2O2S/c1-8-4-5-18-12(8)7-15-9-2-3-10(13(16)17)11(14)6-9/h2-6,15H,7,14H2,1H3,(H,16,17). The van der Waals surface area contributed by atoms with Gasteiger partial charge in [0.1, 0.15) is 0 Å². The maximum absolute atomic E-state index is 10.8. The van der Waals surface area contributed by atoms with Crippen LogP contribution in [0, 0.1) is 6.92 Å². The maximum Gasteiger partial charge on any atom is 0.337 e. The molecular formula is C13H14N2O2S. The summed E-state index contributed by atoms with van der Waals surface area (Å²) in [6.45, 7) is 2.78. The molecule has 94 valence electrons. The van der Waals surface area contributed by atoms with Gasteiger partial charge in [0.15, 0.2) is 0 Å². The fourth-order valence-corrected chi connectivity index (χ4v) is 2.48. The Morgan fingerprint density at radius 2 is 2.22 bits per heavy atom. The number of thiophene rings is 1. The number of nitrogens with two attached hydrogens (primary N) is 1. The topological polar surface area (TPSA) is 75.3 Å². The lowest BCUT2D eigenvalue weighted by Crippen LogP contribution is -2.04. The zero-order valence-corrected chi connectivity index (χ0v) is 10.8. The average Bonchev–Trinajstić information content (AvgIpc) is 2.72. The van der Waals surface area contributed by atoms with Gasteiger partial charge in [0, 0.05) is 22.8 Å². The van der Waals surface area contributed by atoms with E-state index in [1.807, 2.05) is 5.38 Å². The van der Waals surface area contributed by atoms with Gasteiger partial charge >= 0.3 is 5.97 Å². The largest absolute Gasteiger partial charge is 0.478 e. The molecule has 1 aromatic carbocycles. The van der Waals surface area contributed by atoms with E-state index in [0.717, 1.165) is 12.2 Å². The van der Waals surface area contributed by atoms with Crippen LogP contribution in [0.4, 0.5) is 11.4 Å². The number of hydrogen-bond acceptors (Lipinski definition) is 4. The molecule has 0 aliphatic carbocycles. The van der Waals surface area contributed by atoms with Crippen molar-refractivity contribution in [3.8, 4) is 0 Å². The Kier molecular flexibility index (Phi) is 3.53. The number of aryl methyl sites for hydroxylation is 1. The Hall–Kier alpha value is -2.01. The number of benzene rings is 1. The minimum absolute atomic E-state index is 0.132. The first kappa shape index (κ1) is 12.4. The van der Waals surface area contributed by atoms with Crippen LogP contribution in [0.1, 0.15) is 20.8 Å². The summed E-state index contributed by atoms with van der Waals surface area (Å²) in [7, 11) is 0. The number of nitrogen functional groups attached to an aromatic ring is 1. The van der Waals surface area contributed by atoms with E-state index >= 15 is 0 Å². The highest BCUT2D eigenvalue weighted by Gasteiger charge is 2.08. The van der Waals surface area contributed by atoms with Crippen LogP contribution in [0.3, 0.4) is 0 Å². The molecule has 0 radical (unpaired) electrons. The predicted molar refractivity (Wildman–Crippen MR) is 74.2 cm³/mol. The van der Waals surface area contributed by atoms with E-state index in [1.54, 1.807) is 23.5 Å². The van der Waals surface area contributed by atoms with Gasteiger partial charge in [-0.2, -0.15) is 0 Å². The van der Waals surface area contributed by atoms with Crippen LogP contribution in [0.25, 0.3) is 0 Å². The van der Waals surface area contributed by atoms with Crippen LogP contribution in [0.15, 0.2) is 29.6 Å². The first-order chi connectivity index (χ1) is 8.58. The van der Waals surface area contributed by atoms with Gasteiger partial charge in [-0.3, -0.25) is 0 Å². The Morgan fingerprint density at radius 1 is 1.44 bits per heavy atom. The van der Waals surface area contributed by atoms with Crippen molar-refractivity contribution in [1.29, 1.82) is 0 Å². The number of rotatable bonds is 4. The molecule has 1 aromatic heterocycles. The minimum Gasteiger partial charge on any atom is -0.478 e. The summed E-state index contributed by atoms with van der Waals surface area (Å²) in [4.78, 5) is 12.1. The molecule has 2 rings (SSSR count). The summed E-state index contributed by atoms with van der Waals surface area (Å²) < 4.78 is 0. The third kappa shape index (κ3) is 2.62. The molecular weight excluding hydrogens is 248 g/mol. The fraction of sp³-hybridized carbons (Fsp3) is 0.154. The van der Waals surface area contributed by atoms with Crippen molar-refractivity contribution in [3.05, 3.63) is 45.6 Å². The molecule has 4 nitrogen and oxygen atoms in total. The van der Waals surface area contributed by atoms with E-state index in [-0.39, 0.29) is 11.3 Å². The molecule has 0 aliphatic rings. The highest BCUT2D eigenvalue weighted by Crippen LogP contribution is 2.21. The van der Waals surface area contributed by atoms with Gasteiger partial charge in [0.25, 0.3) is 0 Å². The highest BCUT2D eigenvalue weighted by atomic mass is 32.1. The number of carbonyl (C=O) groups is 1. The Morgan fingerprint density at radius 3 is 2.78 bits per heavy atom. The van der Waals surface area contributed by atoms with Gasteiger partial charge in [0.2, 0.25) is 0 Å². The smallest absolute Gasteiger partial charge is 0.337 e. The summed E-state index contributed by atoms with van der Waals surface area (Å²) in [5.74, 6) is -1.01. The maximum atomic E-state index is 10.8. The highest BCUT2D eigenvalue weighted by molar-refractivity contribution is 7.10. The van der Waals surface area contributed by atoms with Crippen molar-refractivity contribution >= 4 is 28.7 Å². The lowest BCUT2D eigenvalue weighted by Gasteiger charge is -2.08. The Bertz CT molecular complexity index is 578. The molecule has 0 atom stereocenters. The second-order valence-corrected chi connectivity index (χ2v) is 4.99. The van der Waals surface area contributed by atoms with Crippen molar-refractivity contribution in [1.82, 2.24) is 0 Å². The molecule has 0 bridgehead atoms. The quantitative estimate of drug-likeness (QED) is 0.740. The van der Waals surface area contributed by atoms with Crippen molar-refractivity contribution in [2.24, 2.45) is 0 Å². The lowest BCUT2D eigenvalue weighted by atomic mass is 10.1. The van der Waals surface area contributed by atoms with Crippen LogP contribution < -0.4 is 11.1 Å². The fourth-order valence-electron chi connectivity index (χ4n) is 1.63. The first-order valence-corrected chi connectivity index (χ1v) is 6.35. The Balaban J connectivity index is 2.09. The van der Waals surface area contributed by atoms with Crippen molar-refractivity contribution < 1.29 is 9.90 Å². The second kappa shape index (κ2) is 5.10. The van der Waals surface area contributed by atoms with Crippen molar-refractivity contribution in [2.45, 2.75) is 13.5 Å². The molecule has 5 heteroatoms. The van der Waals surface area contributed by atoms with Crippen LogP contribution in [0.2, 0.25) is 0 Å². The second-order valence-electron chi connectivity index (χ2n) is 3.99. The third-order valence-corrected chi connectivity index (χ3v) is 3.73. The van der Waals surface area contributed by atoms with Crippen LogP contribution >= 0.6 is 11.3 Å². The molecule has 0 amide bonds. The summed E-state index contributed by atoms with van der Waals surface area (Å²) in [5.41, 5.74) is 8.17. The number of aromatic carboxylic acids is 1. The molecule has 0 unspecified atom stereocenters. The van der Waals surface area contributed by atoms with Gasteiger partial charge in [-0.1, -0.05) is 0 Å². The molecule has 1 heterocycles. The van der Waals surface area contributed by atoms with Gasteiger partial charge in [-0.15, -0.1) is 11.3 Å². The number of anilines is 2. The van der Waals surface area contributed by atoms with Crippen LogP contribution in [0.5, 0.6) is 0 Å². The molecule has 0 aliphatic heterocycles. The number of carboxylic acid groups (broad SMARTS) is 1. The normalized spacial score (nSPS) is 10.3. The summed E-state index contributed by atoms with van der Waals surface area (Å²) in [6, 6.07) is 6.96. The first-order valence-electron chi connectivity index (χ1n) is 5.47. The molecule has 4 N–H and O–H groups in total. The molecule has 0 spiro atoms. The van der Waals surface area contributed by atoms with Gasteiger partial charge in [-0.05, 0) is 42.1 Å². The van der Waals surface area contributed by atoms with E-state index in [9.17, 15) is 4.79 Å². The SMILES string of the molecule is Cc1ccsc1CNc1ccc(C(=O)O)c(N)c1. The van der Waals surface area contributed by atoms with Crippen molar-refractivity contribution in [2.75, 3.05) is 11.1 Å². The average molecular weight is 262 g/mol. The van der Waals surface area contributed by atoms with Crippen molar-refractivity contribution in [3.63, 3.8) is 0 Å². The predicted octanol–water partition coefficient (Wildman–Crippen LogP) is 2.95. The van der Waals surface area contributed by atoms with Gasteiger partial charge in [-0.25, -0.2) is 4.79 Å². The van der Waals surface area contributed by atoms with E-state index in [1.165, 1.54) is 16.5 Å². The summed E-state index contributed by atoms with van der Waals surface area (Å²) >= 11 is 1.69. The molecule has 0 fully saturated rings. The van der Waals surface area contributed by atoms with Gasteiger partial charge < -0.3 is 16.2 Å². The van der Waals surface area contributed by atoms with Gasteiger partial charge in [0.05, 0.1) is 5.56 Å². The van der Waals surface area contributed by atoms with E-state index in [4.69, 9.17) is 10.8 Å². The molecule has 18 heavy (non-hydrogen) atoms. The van der Waals surface area contributed by atoms with E-state index in [2.05, 4.69) is 18.3 Å². The Labute approximate surface area is 109 Å². The summed E-state index contributed by atoms with van der Waals surface area (Å²) in [5, 5.41) is 14.2. The number of nitrogens with one attached hydrogen (secondary N) is 1. The lowest BCUT2D eigenvalue weighted by molar-refractivity contribution is 0.0698. The zero-order valence-electron chi connectivity index (χ0n) is 9.93. The van der Waals surface area contributed by atoms with Crippen LogP contribution in [-0.2, 0) is 6.54 Å². The minimum atomic E-state index is -1.01. The van der Waals surface area contributed by atoms with E-state index in [0.29, 0.717) is 0 Å². The monoisotopic (exact) mass is 262 g/mol. The number of carboxylic acids is 1. The third-order valence-electron chi connectivity index (χ3n) is 2.70.